The third kappa shape index (κ3) is 4.25. The van der Waals surface area contributed by atoms with Gasteiger partial charge in [-0.2, -0.15) is 0 Å². The minimum absolute atomic E-state index is 0.0669. The van der Waals surface area contributed by atoms with Crippen LogP contribution in [-0.4, -0.2) is 16.0 Å². The summed E-state index contributed by atoms with van der Waals surface area (Å²) in [6.45, 7) is 8.98. The first-order valence-corrected chi connectivity index (χ1v) is 7.39. The van der Waals surface area contributed by atoms with Gasteiger partial charge in [-0.05, 0) is 23.5 Å². The van der Waals surface area contributed by atoms with Crippen LogP contribution in [-0.2, 0) is 22.0 Å². The maximum Gasteiger partial charge on any atom is 0.0488 e. The predicted molar refractivity (Wildman–Crippen MR) is 75.5 cm³/mol. The van der Waals surface area contributed by atoms with Crippen LogP contribution in [0.1, 0.15) is 38.8 Å². The lowest BCUT2D eigenvalue weighted by Gasteiger charge is -2.19. The summed E-state index contributed by atoms with van der Waals surface area (Å²) < 4.78 is 11.9. The lowest BCUT2D eigenvalue weighted by molar-refractivity contribution is 0.590. The van der Waals surface area contributed by atoms with Crippen molar-refractivity contribution in [3.05, 3.63) is 35.4 Å². The highest BCUT2D eigenvalue weighted by atomic mass is 32.2. The molecular weight excluding hydrogens is 230 g/mol. The van der Waals surface area contributed by atoms with E-state index in [9.17, 15) is 4.21 Å². The molecular formula is C14H23NOS. The molecule has 0 aliphatic carbocycles. The van der Waals surface area contributed by atoms with Crippen molar-refractivity contribution < 1.29 is 4.21 Å². The van der Waals surface area contributed by atoms with Gasteiger partial charge in [0.05, 0.1) is 0 Å². The first kappa shape index (κ1) is 14.4. The third-order valence-corrected chi connectivity index (χ3v) is 4.62. The monoisotopic (exact) mass is 253 g/mol. The van der Waals surface area contributed by atoms with Crippen LogP contribution in [0.4, 0.5) is 0 Å². The number of hydrogen-bond donors (Lipinski definition) is 1. The maximum absolute atomic E-state index is 11.9. The Hall–Kier alpha value is -0.670. The first-order valence-electron chi connectivity index (χ1n) is 6.01. The highest BCUT2D eigenvalue weighted by molar-refractivity contribution is 7.84. The molecule has 17 heavy (non-hydrogen) atoms. The molecule has 0 saturated carbocycles. The molecule has 2 N–H and O–H groups in total. The Morgan fingerprint density at radius 1 is 1.24 bits per heavy atom. The van der Waals surface area contributed by atoms with E-state index in [4.69, 9.17) is 5.73 Å². The predicted octanol–water partition coefficient (Wildman–Crippen LogP) is 2.58. The van der Waals surface area contributed by atoms with Gasteiger partial charge in [-0.1, -0.05) is 45.0 Å². The molecule has 0 fully saturated rings. The minimum atomic E-state index is -0.869. The van der Waals surface area contributed by atoms with Crippen LogP contribution in [0.3, 0.4) is 0 Å². The second-order valence-corrected chi connectivity index (χ2v) is 7.37. The highest BCUT2D eigenvalue weighted by Crippen LogP contribution is 2.22. The highest BCUT2D eigenvalue weighted by Gasteiger charge is 2.14. The molecule has 2 atom stereocenters. The van der Waals surface area contributed by atoms with Crippen molar-refractivity contribution in [2.45, 2.75) is 44.1 Å². The van der Waals surface area contributed by atoms with Crippen molar-refractivity contribution in [3.63, 3.8) is 0 Å². The summed E-state index contributed by atoms with van der Waals surface area (Å²) in [7, 11) is -0.869. The summed E-state index contributed by atoms with van der Waals surface area (Å²) in [5.41, 5.74) is 8.11. The molecule has 1 aromatic rings. The quantitative estimate of drug-likeness (QED) is 0.896. The van der Waals surface area contributed by atoms with Gasteiger partial charge in [-0.25, -0.2) is 0 Å². The summed E-state index contributed by atoms with van der Waals surface area (Å²) in [6, 6.07) is 8.39. The fourth-order valence-corrected chi connectivity index (χ4v) is 2.53. The van der Waals surface area contributed by atoms with Crippen LogP contribution in [0.5, 0.6) is 0 Å². The van der Waals surface area contributed by atoms with E-state index in [-0.39, 0.29) is 10.7 Å². The van der Waals surface area contributed by atoms with Gasteiger partial charge < -0.3 is 5.73 Å². The molecule has 0 amide bonds. The lowest BCUT2D eigenvalue weighted by Crippen LogP contribution is -2.22. The average Bonchev–Trinajstić information content (AvgIpc) is 2.27. The second kappa shape index (κ2) is 5.78. The summed E-state index contributed by atoms with van der Waals surface area (Å²) in [4.78, 5) is 0. The molecule has 0 radical (unpaired) electrons. The zero-order valence-corrected chi connectivity index (χ0v) is 12.0. The van der Waals surface area contributed by atoms with Crippen LogP contribution >= 0.6 is 0 Å². The molecule has 1 rings (SSSR count). The van der Waals surface area contributed by atoms with Gasteiger partial charge in [0.25, 0.3) is 0 Å². The maximum atomic E-state index is 11.9. The number of hydrogen-bond acceptors (Lipinski definition) is 2. The fraction of sp³-hybridized carbons (Fsp3) is 0.571. The van der Waals surface area contributed by atoms with Crippen LogP contribution < -0.4 is 5.73 Å². The Morgan fingerprint density at radius 2 is 1.76 bits per heavy atom. The van der Waals surface area contributed by atoms with Crippen LogP contribution in [0.15, 0.2) is 24.3 Å². The lowest BCUT2D eigenvalue weighted by atomic mass is 9.87. The van der Waals surface area contributed by atoms with E-state index >= 15 is 0 Å². The molecule has 96 valence electrons. The van der Waals surface area contributed by atoms with E-state index in [2.05, 4.69) is 45.0 Å². The van der Waals surface area contributed by atoms with E-state index in [1.54, 1.807) is 0 Å². The Kier molecular flexibility index (Phi) is 4.90. The SMILES string of the molecule is CC(CN)S(=O)Cc1ccc(C(C)(C)C)cc1. The molecule has 0 bridgehead atoms. The summed E-state index contributed by atoms with van der Waals surface area (Å²) in [5.74, 6) is 0.600. The molecule has 0 aromatic heterocycles. The zero-order chi connectivity index (χ0) is 13.1. The summed E-state index contributed by atoms with van der Waals surface area (Å²) in [6.07, 6.45) is 0. The van der Waals surface area contributed by atoms with E-state index in [0.717, 1.165) is 5.56 Å². The number of nitrogens with two attached hydrogens (primary N) is 1. The summed E-state index contributed by atoms with van der Waals surface area (Å²) in [5, 5.41) is 0.0669. The number of rotatable bonds is 4. The molecule has 0 heterocycles. The van der Waals surface area contributed by atoms with E-state index in [1.165, 1.54) is 5.56 Å². The van der Waals surface area contributed by atoms with Gasteiger partial charge in [0.2, 0.25) is 0 Å². The third-order valence-electron chi connectivity index (χ3n) is 2.91. The largest absolute Gasteiger partial charge is 0.329 e. The van der Waals surface area contributed by atoms with Crippen molar-refractivity contribution in [2.24, 2.45) is 5.73 Å². The van der Waals surface area contributed by atoms with Crippen molar-refractivity contribution in [1.82, 2.24) is 0 Å². The van der Waals surface area contributed by atoms with E-state index in [1.807, 2.05) is 6.92 Å². The minimum Gasteiger partial charge on any atom is -0.329 e. The van der Waals surface area contributed by atoms with Gasteiger partial charge in [-0.15, -0.1) is 0 Å². The Labute approximate surface area is 107 Å². The van der Waals surface area contributed by atoms with Crippen molar-refractivity contribution in [2.75, 3.05) is 6.54 Å². The van der Waals surface area contributed by atoms with Crippen LogP contribution in [0, 0.1) is 0 Å². The van der Waals surface area contributed by atoms with E-state index in [0.29, 0.717) is 12.3 Å². The average molecular weight is 253 g/mol. The molecule has 0 spiro atoms. The Bertz CT molecular complexity index is 378. The van der Waals surface area contributed by atoms with Crippen molar-refractivity contribution in [1.29, 1.82) is 0 Å². The fourth-order valence-electron chi connectivity index (χ4n) is 1.51. The Morgan fingerprint density at radius 3 is 2.18 bits per heavy atom. The Balaban J connectivity index is 2.73. The van der Waals surface area contributed by atoms with Gasteiger partial charge in [0, 0.05) is 28.3 Å². The molecule has 3 heteroatoms. The van der Waals surface area contributed by atoms with Crippen LogP contribution in [0.2, 0.25) is 0 Å². The first-order chi connectivity index (χ1) is 7.84. The molecule has 0 saturated heterocycles. The van der Waals surface area contributed by atoms with Crippen molar-refractivity contribution >= 4 is 10.8 Å². The number of benzene rings is 1. The molecule has 1 aromatic carbocycles. The van der Waals surface area contributed by atoms with Gasteiger partial charge in [-0.3, -0.25) is 4.21 Å². The standard InChI is InChI=1S/C14H23NOS/c1-11(9-15)17(16)10-12-5-7-13(8-6-12)14(2,3)4/h5-8,11H,9-10,15H2,1-4H3. The normalized spacial score (nSPS) is 15.6. The van der Waals surface area contributed by atoms with E-state index < -0.39 is 10.8 Å². The second-order valence-electron chi connectivity index (χ2n) is 5.52. The van der Waals surface area contributed by atoms with Gasteiger partial charge in [0.1, 0.15) is 0 Å². The van der Waals surface area contributed by atoms with Gasteiger partial charge in [0.15, 0.2) is 0 Å². The smallest absolute Gasteiger partial charge is 0.0488 e. The molecule has 2 nitrogen and oxygen atoms in total. The molecule has 0 aliphatic rings. The topological polar surface area (TPSA) is 43.1 Å². The molecule has 2 unspecified atom stereocenters. The molecule has 0 aliphatic heterocycles. The van der Waals surface area contributed by atoms with Crippen molar-refractivity contribution in [3.8, 4) is 0 Å². The van der Waals surface area contributed by atoms with Gasteiger partial charge >= 0.3 is 0 Å². The van der Waals surface area contributed by atoms with Crippen LogP contribution in [0.25, 0.3) is 0 Å². The zero-order valence-electron chi connectivity index (χ0n) is 11.2. The summed E-state index contributed by atoms with van der Waals surface area (Å²) >= 11 is 0.